The highest BCUT2D eigenvalue weighted by atomic mass is 35.5. The minimum atomic E-state index is -0.213. The molecule has 0 radical (unpaired) electrons. The number of carbonyl (C=O) groups excluding carboxylic acids is 1. The number of hydrogen-bond acceptors (Lipinski definition) is 3. The van der Waals surface area contributed by atoms with E-state index in [9.17, 15) is 4.79 Å². The van der Waals surface area contributed by atoms with Gasteiger partial charge in [-0.05, 0) is 30.3 Å². The second-order valence-electron chi connectivity index (χ2n) is 4.34. The second-order valence-corrected chi connectivity index (χ2v) is 4.78. The normalized spacial score (nSPS) is 10.0. The van der Waals surface area contributed by atoms with Gasteiger partial charge >= 0.3 is 0 Å². The quantitative estimate of drug-likeness (QED) is 0.922. The predicted molar refractivity (Wildman–Crippen MR) is 82.2 cm³/mol. The van der Waals surface area contributed by atoms with E-state index in [1.54, 1.807) is 43.5 Å². The molecule has 1 N–H and O–H groups in total. The van der Waals surface area contributed by atoms with E-state index in [1.165, 1.54) is 7.11 Å². The third kappa shape index (κ3) is 3.67. The van der Waals surface area contributed by atoms with Gasteiger partial charge in [0.2, 0.25) is 0 Å². The van der Waals surface area contributed by atoms with E-state index in [2.05, 4.69) is 5.32 Å². The van der Waals surface area contributed by atoms with Crippen LogP contribution in [-0.2, 0) is 6.54 Å². The lowest BCUT2D eigenvalue weighted by Gasteiger charge is -2.11. The molecule has 2 rings (SSSR count). The molecular weight excluding hydrogens is 290 g/mol. The van der Waals surface area contributed by atoms with E-state index in [0.29, 0.717) is 28.6 Å². The Balaban J connectivity index is 2.13. The average Bonchev–Trinajstić information content (AvgIpc) is 2.52. The molecule has 0 atom stereocenters. The minimum Gasteiger partial charge on any atom is -0.496 e. The van der Waals surface area contributed by atoms with Crippen LogP contribution in [0.4, 0.5) is 0 Å². The van der Waals surface area contributed by atoms with E-state index < -0.39 is 0 Å². The van der Waals surface area contributed by atoms with Gasteiger partial charge < -0.3 is 14.8 Å². The number of methoxy groups -OCH3 is 2. The van der Waals surface area contributed by atoms with Gasteiger partial charge in [0.1, 0.15) is 11.5 Å². The Hall–Kier alpha value is -2.20. The molecule has 1 amide bonds. The van der Waals surface area contributed by atoms with Crippen molar-refractivity contribution < 1.29 is 14.3 Å². The molecule has 0 spiro atoms. The standard InChI is InChI=1S/C16H16ClNO3/c1-20-14-8-7-12(17)9-11(14)10-18-16(19)13-5-3-4-6-15(13)21-2/h3-9H,10H2,1-2H3,(H,18,19). The van der Waals surface area contributed by atoms with Crippen LogP contribution in [0.5, 0.6) is 11.5 Å². The molecule has 0 fully saturated rings. The molecule has 2 aromatic carbocycles. The van der Waals surface area contributed by atoms with Crippen molar-refractivity contribution in [3.05, 3.63) is 58.6 Å². The molecule has 5 heteroatoms. The van der Waals surface area contributed by atoms with E-state index in [1.807, 2.05) is 6.07 Å². The first kappa shape index (κ1) is 15.2. The highest BCUT2D eigenvalue weighted by Crippen LogP contribution is 2.23. The van der Waals surface area contributed by atoms with Crippen LogP contribution in [0.3, 0.4) is 0 Å². The third-order valence-electron chi connectivity index (χ3n) is 3.03. The van der Waals surface area contributed by atoms with Gasteiger partial charge in [-0.2, -0.15) is 0 Å². The summed E-state index contributed by atoms with van der Waals surface area (Å²) in [6, 6.07) is 12.3. The van der Waals surface area contributed by atoms with E-state index >= 15 is 0 Å². The fraction of sp³-hybridized carbons (Fsp3) is 0.188. The minimum absolute atomic E-state index is 0.213. The van der Waals surface area contributed by atoms with Crippen LogP contribution in [-0.4, -0.2) is 20.1 Å². The molecule has 0 saturated heterocycles. The Morgan fingerprint density at radius 2 is 1.81 bits per heavy atom. The molecule has 4 nitrogen and oxygen atoms in total. The highest BCUT2D eigenvalue weighted by molar-refractivity contribution is 6.30. The Morgan fingerprint density at radius 3 is 2.52 bits per heavy atom. The first-order valence-corrected chi connectivity index (χ1v) is 6.77. The Labute approximate surface area is 128 Å². The van der Waals surface area contributed by atoms with Crippen molar-refractivity contribution in [1.82, 2.24) is 5.32 Å². The van der Waals surface area contributed by atoms with E-state index in [4.69, 9.17) is 21.1 Å². The lowest BCUT2D eigenvalue weighted by atomic mass is 10.1. The fourth-order valence-corrected chi connectivity index (χ4v) is 2.18. The van der Waals surface area contributed by atoms with Crippen molar-refractivity contribution in [2.24, 2.45) is 0 Å². The van der Waals surface area contributed by atoms with Crippen molar-refractivity contribution in [2.75, 3.05) is 14.2 Å². The Bertz CT molecular complexity index is 643. The zero-order valence-electron chi connectivity index (χ0n) is 11.9. The molecule has 110 valence electrons. The van der Waals surface area contributed by atoms with Crippen molar-refractivity contribution in [3.63, 3.8) is 0 Å². The van der Waals surface area contributed by atoms with E-state index in [-0.39, 0.29) is 5.91 Å². The summed E-state index contributed by atoms with van der Waals surface area (Å²) in [6.07, 6.45) is 0. The number of amides is 1. The molecule has 0 heterocycles. The maximum Gasteiger partial charge on any atom is 0.255 e. The molecule has 2 aromatic rings. The molecule has 0 aliphatic rings. The number of hydrogen-bond donors (Lipinski definition) is 1. The van der Waals surface area contributed by atoms with Gasteiger partial charge in [-0.25, -0.2) is 0 Å². The summed E-state index contributed by atoms with van der Waals surface area (Å²) < 4.78 is 10.4. The first-order valence-electron chi connectivity index (χ1n) is 6.39. The summed E-state index contributed by atoms with van der Waals surface area (Å²) in [6.45, 7) is 0.320. The second kappa shape index (κ2) is 6.99. The number of para-hydroxylation sites is 1. The molecule has 21 heavy (non-hydrogen) atoms. The van der Waals surface area contributed by atoms with Crippen molar-refractivity contribution >= 4 is 17.5 Å². The first-order chi connectivity index (χ1) is 10.2. The molecule has 0 aliphatic heterocycles. The summed E-state index contributed by atoms with van der Waals surface area (Å²) in [5.74, 6) is 1.00. The van der Waals surface area contributed by atoms with Crippen LogP contribution >= 0.6 is 11.6 Å². The summed E-state index contributed by atoms with van der Waals surface area (Å²) >= 11 is 5.97. The molecule has 0 bridgehead atoms. The number of ether oxygens (including phenoxy) is 2. The molecule has 0 unspecified atom stereocenters. The summed E-state index contributed by atoms with van der Waals surface area (Å²) in [4.78, 5) is 12.2. The highest BCUT2D eigenvalue weighted by Gasteiger charge is 2.12. The predicted octanol–water partition coefficient (Wildman–Crippen LogP) is 3.29. The average molecular weight is 306 g/mol. The monoisotopic (exact) mass is 305 g/mol. The van der Waals surface area contributed by atoms with E-state index in [0.717, 1.165) is 5.56 Å². The summed E-state index contributed by atoms with van der Waals surface area (Å²) in [5.41, 5.74) is 1.30. The topological polar surface area (TPSA) is 47.6 Å². The maximum atomic E-state index is 12.2. The van der Waals surface area contributed by atoms with Gasteiger partial charge in [0, 0.05) is 17.1 Å². The van der Waals surface area contributed by atoms with Crippen molar-refractivity contribution in [3.8, 4) is 11.5 Å². The van der Waals surface area contributed by atoms with Crippen molar-refractivity contribution in [2.45, 2.75) is 6.54 Å². The largest absolute Gasteiger partial charge is 0.496 e. The molecule has 0 aromatic heterocycles. The van der Waals surface area contributed by atoms with Gasteiger partial charge in [0.25, 0.3) is 5.91 Å². The lowest BCUT2D eigenvalue weighted by Crippen LogP contribution is -2.23. The Kier molecular flexibility index (Phi) is 5.06. The lowest BCUT2D eigenvalue weighted by molar-refractivity contribution is 0.0947. The van der Waals surface area contributed by atoms with Gasteiger partial charge in [0.05, 0.1) is 19.8 Å². The molecule has 0 saturated carbocycles. The number of halogens is 1. The van der Waals surface area contributed by atoms with Crippen LogP contribution in [0.25, 0.3) is 0 Å². The summed E-state index contributed by atoms with van der Waals surface area (Å²) in [5, 5.41) is 3.43. The molecular formula is C16H16ClNO3. The van der Waals surface area contributed by atoms with Crippen LogP contribution < -0.4 is 14.8 Å². The number of rotatable bonds is 5. The zero-order valence-corrected chi connectivity index (χ0v) is 12.6. The molecule has 0 aliphatic carbocycles. The van der Waals surface area contributed by atoms with Crippen LogP contribution in [0.2, 0.25) is 5.02 Å². The van der Waals surface area contributed by atoms with Crippen LogP contribution in [0.1, 0.15) is 15.9 Å². The van der Waals surface area contributed by atoms with Gasteiger partial charge in [-0.3, -0.25) is 4.79 Å². The van der Waals surface area contributed by atoms with Gasteiger partial charge in [-0.15, -0.1) is 0 Å². The van der Waals surface area contributed by atoms with Gasteiger partial charge in [-0.1, -0.05) is 23.7 Å². The van der Waals surface area contributed by atoms with Crippen molar-refractivity contribution in [1.29, 1.82) is 0 Å². The van der Waals surface area contributed by atoms with Gasteiger partial charge in [0.15, 0.2) is 0 Å². The number of nitrogens with one attached hydrogen (secondary N) is 1. The van der Waals surface area contributed by atoms with Crippen LogP contribution in [0.15, 0.2) is 42.5 Å². The Morgan fingerprint density at radius 1 is 1.10 bits per heavy atom. The number of carbonyl (C=O) groups is 1. The fourth-order valence-electron chi connectivity index (χ4n) is 1.99. The summed E-state index contributed by atoms with van der Waals surface area (Å²) in [7, 11) is 3.11. The third-order valence-corrected chi connectivity index (χ3v) is 3.27. The number of benzene rings is 2. The zero-order chi connectivity index (χ0) is 15.2. The van der Waals surface area contributed by atoms with Crippen LogP contribution in [0, 0.1) is 0 Å². The SMILES string of the molecule is COc1ccc(Cl)cc1CNC(=O)c1ccccc1OC. The smallest absolute Gasteiger partial charge is 0.255 e. The maximum absolute atomic E-state index is 12.2.